The molecule has 2 aliphatic rings. The Morgan fingerprint density at radius 2 is 1.78 bits per heavy atom. The molecule has 1 N–H and O–H groups in total. The zero-order valence-corrected chi connectivity index (χ0v) is 26.1. The average Bonchev–Trinajstić information content (AvgIpc) is 3.81. The van der Waals surface area contributed by atoms with Crippen LogP contribution in [-0.2, 0) is 11.0 Å². The number of thiazole rings is 1. The highest BCUT2D eigenvalue weighted by molar-refractivity contribution is 7.13. The molecule has 1 aliphatic heterocycles. The number of likely N-dealkylation sites (tertiary alicyclic amines) is 1. The quantitative estimate of drug-likeness (QED) is 0.233. The number of rotatable bonds is 10. The van der Waals surface area contributed by atoms with Crippen LogP contribution in [-0.4, -0.2) is 69.9 Å². The van der Waals surface area contributed by atoms with Crippen LogP contribution in [0.15, 0.2) is 41.9 Å². The van der Waals surface area contributed by atoms with Crippen molar-refractivity contribution in [2.75, 3.05) is 25.0 Å². The molecule has 2 aromatic heterocycles. The summed E-state index contributed by atoms with van der Waals surface area (Å²) >= 11 is 1.23. The van der Waals surface area contributed by atoms with E-state index in [2.05, 4.69) is 15.4 Å². The van der Waals surface area contributed by atoms with Gasteiger partial charge in [0.15, 0.2) is 10.8 Å². The van der Waals surface area contributed by atoms with Gasteiger partial charge in [-0.2, -0.15) is 31.4 Å². The van der Waals surface area contributed by atoms with Crippen LogP contribution in [0.1, 0.15) is 79.9 Å². The van der Waals surface area contributed by atoms with Gasteiger partial charge in [0.1, 0.15) is 6.04 Å². The van der Waals surface area contributed by atoms with Crippen molar-refractivity contribution in [3.8, 4) is 11.3 Å². The summed E-state index contributed by atoms with van der Waals surface area (Å²) in [5.41, 5.74) is -0.928. The molecular weight excluding hydrogens is 634 g/mol. The largest absolute Gasteiger partial charge is 0.417 e. The Bertz CT molecular complexity index is 1490. The topological polar surface area (TPSA) is 83.4 Å². The van der Waals surface area contributed by atoms with Crippen LogP contribution in [0.3, 0.4) is 0 Å². The van der Waals surface area contributed by atoms with Crippen molar-refractivity contribution in [2.24, 2.45) is 0 Å². The van der Waals surface area contributed by atoms with E-state index < -0.39 is 41.8 Å². The fourth-order valence-electron chi connectivity index (χ4n) is 6.36. The number of aromatic nitrogens is 3. The zero-order chi connectivity index (χ0) is 33.1. The molecule has 15 heteroatoms. The second-order valence-electron chi connectivity index (χ2n) is 11.9. The van der Waals surface area contributed by atoms with Gasteiger partial charge in [0.25, 0.3) is 5.91 Å². The second-order valence-corrected chi connectivity index (χ2v) is 12.7. The number of nitrogens with one attached hydrogen (secondary N) is 1. The number of nitrogens with zero attached hydrogens (tertiary/aromatic N) is 5. The molecule has 3 heterocycles. The standard InChI is InChI=1S/C31H36F6N6O2S/c1-41(29-38-14-17-46-29)27(44)18-20(13-16-42-15-7-6-12-26(42)31(35,36)37)39-28(45)24-19-25(43(40-24)21-8-2-3-9-21)22-10-4-5-11-23(22)30(32,33)34/h4-5,10-11,14,17,19-21,26H,2-3,6-9,12-13,15-16,18H2,1H3,(H,39,45)/t20-,26?/m0/s1. The second kappa shape index (κ2) is 14.1. The smallest absolute Gasteiger partial charge is 0.347 e. The Morgan fingerprint density at radius 1 is 1.07 bits per heavy atom. The number of hydrogen-bond donors (Lipinski definition) is 1. The summed E-state index contributed by atoms with van der Waals surface area (Å²) in [4.78, 5) is 33.7. The van der Waals surface area contributed by atoms with E-state index in [0.29, 0.717) is 30.8 Å². The minimum Gasteiger partial charge on any atom is -0.347 e. The first-order chi connectivity index (χ1) is 21.8. The summed E-state index contributed by atoms with van der Waals surface area (Å²) in [6.07, 6.45) is -3.51. The van der Waals surface area contributed by atoms with E-state index in [1.807, 2.05) is 0 Å². The first kappa shape index (κ1) is 33.9. The lowest BCUT2D eigenvalue weighted by molar-refractivity contribution is -0.191. The van der Waals surface area contributed by atoms with E-state index in [9.17, 15) is 35.9 Å². The molecule has 1 aromatic carbocycles. The van der Waals surface area contributed by atoms with Gasteiger partial charge in [0.2, 0.25) is 5.91 Å². The van der Waals surface area contributed by atoms with E-state index in [-0.39, 0.29) is 55.3 Å². The lowest BCUT2D eigenvalue weighted by Crippen LogP contribution is -2.50. The van der Waals surface area contributed by atoms with Crippen molar-refractivity contribution in [3.05, 3.63) is 53.2 Å². The number of alkyl halides is 6. The van der Waals surface area contributed by atoms with Crippen LogP contribution in [0, 0.1) is 0 Å². The predicted octanol–water partition coefficient (Wildman–Crippen LogP) is 7.10. The number of amides is 2. The number of carbonyl (C=O) groups excluding carboxylic acids is 2. The highest BCUT2D eigenvalue weighted by Crippen LogP contribution is 2.40. The maximum Gasteiger partial charge on any atom is 0.417 e. The normalized spacial score (nSPS) is 18.9. The Balaban J connectivity index is 1.41. The Labute approximate surface area is 266 Å². The van der Waals surface area contributed by atoms with Gasteiger partial charge in [-0.25, -0.2) is 4.98 Å². The van der Waals surface area contributed by atoms with Crippen LogP contribution in [0.25, 0.3) is 11.3 Å². The maximum atomic E-state index is 14.0. The number of hydrogen-bond acceptors (Lipinski definition) is 6. The van der Waals surface area contributed by atoms with Crippen LogP contribution in [0.4, 0.5) is 31.5 Å². The third-order valence-corrected chi connectivity index (χ3v) is 9.59. The number of halogens is 6. The molecule has 250 valence electrons. The molecule has 5 rings (SSSR count). The number of anilines is 1. The SMILES string of the molecule is CN(C(=O)C[C@H](CCN1CCCCC1C(F)(F)F)NC(=O)c1cc(-c2ccccc2C(F)(F)F)n(C2CCCC2)n1)c1nccs1. The van der Waals surface area contributed by atoms with Gasteiger partial charge in [-0.1, -0.05) is 37.5 Å². The third-order valence-electron chi connectivity index (χ3n) is 8.74. The minimum atomic E-state index is -4.64. The van der Waals surface area contributed by atoms with Gasteiger partial charge < -0.3 is 5.32 Å². The van der Waals surface area contributed by atoms with Crippen LogP contribution >= 0.6 is 11.3 Å². The van der Waals surface area contributed by atoms with Gasteiger partial charge >= 0.3 is 12.4 Å². The minimum absolute atomic E-state index is 0.00983. The molecule has 1 unspecified atom stereocenters. The van der Waals surface area contributed by atoms with E-state index in [1.54, 1.807) is 5.38 Å². The predicted molar refractivity (Wildman–Crippen MR) is 161 cm³/mol. The summed E-state index contributed by atoms with van der Waals surface area (Å²) < 4.78 is 84.8. The first-order valence-electron chi connectivity index (χ1n) is 15.4. The number of carbonyl (C=O) groups is 2. The highest BCUT2D eigenvalue weighted by atomic mass is 32.1. The maximum absolute atomic E-state index is 14.0. The molecule has 0 spiro atoms. The van der Waals surface area contributed by atoms with E-state index in [1.165, 1.54) is 63.3 Å². The molecule has 3 aromatic rings. The Kier molecular flexibility index (Phi) is 10.4. The fourth-order valence-corrected chi connectivity index (χ4v) is 6.98. The molecule has 2 amide bonds. The third kappa shape index (κ3) is 7.91. The fraction of sp³-hybridized carbons (Fsp3) is 0.548. The summed E-state index contributed by atoms with van der Waals surface area (Å²) in [6, 6.07) is 3.77. The lowest BCUT2D eigenvalue weighted by atomic mass is 10.00. The molecule has 8 nitrogen and oxygen atoms in total. The van der Waals surface area contributed by atoms with E-state index >= 15 is 0 Å². The van der Waals surface area contributed by atoms with Gasteiger partial charge in [-0.05, 0) is 50.8 Å². The Hall–Kier alpha value is -3.46. The van der Waals surface area contributed by atoms with Crippen molar-refractivity contribution in [3.63, 3.8) is 0 Å². The van der Waals surface area contributed by atoms with Crippen molar-refractivity contribution < 1.29 is 35.9 Å². The lowest BCUT2D eigenvalue weighted by Gasteiger charge is -2.37. The highest BCUT2D eigenvalue weighted by Gasteiger charge is 2.44. The van der Waals surface area contributed by atoms with Gasteiger partial charge in [-0.3, -0.25) is 24.1 Å². The first-order valence-corrected chi connectivity index (χ1v) is 16.2. The molecule has 1 saturated heterocycles. The molecule has 1 saturated carbocycles. The van der Waals surface area contributed by atoms with Gasteiger partial charge in [-0.15, -0.1) is 11.3 Å². The summed E-state index contributed by atoms with van der Waals surface area (Å²) in [5, 5.41) is 9.36. The van der Waals surface area contributed by atoms with Crippen molar-refractivity contribution >= 4 is 28.3 Å². The molecule has 1 aliphatic carbocycles. The van der Waals surface area contributed by atoms with E-state index in [0.717, 1.165) is 18.9 Å². The van der Waals surface area contributed by atoms with Crippen LogP contribution < -0.4 is 10.2 Å². The molecule has 2 atom stereocenters. The Morgan fingerprint density at radius 3 is 2.46 bits per heavy atom. The van der Waals surface area contributed by atoms with Crippen molar-refractivity contribution in [1.82, 2.24) is 25.0 Å². The monoisotopic (exact) mass is 670 g/mol. The summed E-state index contributed by atoms with van der Waals surface area (Å²) in [6.45, 7) is 0.232. The van der Waals surface area contributed by atoms with Crippen LogP contribution in [0.5, 0.6) is 0 Å². The van der Waals surface area contributed by atoms with E-state index in [4.69, 9.17) is 0 Å². The summed E-state index contributed by atoms with van der Waals surface area (Å²) in [5.74, 6) is -1.12. The molecule has 46 heavy (non-hydrogen) atoms. The number of benzene rings is 1. The van der Waals surface area contributed by atoms with Gasteiger partial charge in [0, 0.05) is 43.2 Å². The molecular formula is C31H36F6N6O2S. The summed E-state index contributed by atoms with van der Waals surface area (Å²) in [7, 11) is 1.53. The van der Waals surface area contributed by atoms with Crippen molar-refractivity contribution in [2.45, 2.75) is 88.3 Å². The molecule has 2 fully saturated rings. The number of piperidine rings is 1. The average molecular weight is 671 g/mol. The molecule has 0 radical (unpaired) electrons. The molecule has 0 bridgehead atoms. The van der Waals surface area contributed by atoms with Crippen LogP contribution in [0.2, 0.25) is 0 Å². The zero-order valence-electron chi connectivity index (χ0n) is 25.3. The van der Waals surface area contributed by atoms with Gasteiger partial charge in [0.05, 0.1) is 17.3 Å². The van der Waals surface area contributed by atoms with Crippen molar-refractivity contribution in [1.29, 1.82) is 0 Å².